The second-order valence-corrected chi connectivity index (χ2v) is 5.53. The minimum atomic E-state index is -0.388. The fourth-order valence-electron chi connectivity index (χ4n) is 2.17. The number of ether oxygens (including phenoxy) is 2. The summed E-state index contributed by atoms with van der Waals surface area (Å²) in [6.07, 6.45) is -0.0874. The summed E-state index contributed by atoms with van der Waals surface area (Å²) in [6.45, 7) is 9.61. The summed E-state index contributed by atoms with van der Waals surface area (Å²) in [5, 5.41) is 14.6. The molecule has 0 aliphatic heterocycles. The van der Waals surface area contributed by atoms with Crippen LogP contribution in [0, 0.1) is 10.1 Å². The van der Waals surface area contributed by atoms with E-state index in [-0.39, 0.29) is 28.8 Å². The first-order chi connectivity index (χ1) is 9.76. The molecule has 0 heterocycles. The molecule has 1 rings (SSSR count). The Hall–Kier alpha value is -1.82. The zero-order valence-electron chi connectivity index (χ0n) is 13.5. The highest BCUT2D eigenvalue weighted by atomic mass is 16.6. The van der Waals surface area contributed by atoms with Crippen LogP contribution in [0.25, 0.3) is 0 Å². The van der Waals surface area contributed by atoms with Crippen molar-refractivity contribution in [3.8, 4) is 11.5 Å². The summed E-state index contributed by atoms with van der Waals surface area (Å²) in [5.41, 5.74) is 0.619. The van der Waals surface area contributed by atoms with Crippen molar-refractivity contribution in [2.45, 2.75) is 52.8 Å². The first-order valence-electron chi connectivity index (χ1n) is 7.05. The zero-order chi connectivity index (χ0) is 16.2. The molecule has 1 aromatic rings. The summed E-state index contributed by atoms with van der Waals surface area (Å²) in [6, 6.07) is 3.17. The molecule has 0 aromatic heterocycles. The summed E-state index contributed by atoms with van der Waals surface area (Å²) in [4.78, 5) is 10.9. The van der Waals surface area contributed by atoms with E-state index >= 15 is 0 Å². The van der Waals surface area contributed by atoms with Crippen molar-refractivity contribution >= 4 is 5.69 Å². The Morgan fingerprint density at radius 2 is 1.76 bits per heavy atom. The van der Waals surface area contributed by atoms with Crippen molar-refractivity contribution in [1.82, 2.24) is 5.32 Å². The second-order valence-electron chi connectivity index (χ2n) is 5.53. The van der Waals surface area contributed by atoms with Gasteiger partial charge >= 0.3 is 0 Å². The number of nitrogens with zero attached hydrogens (tertiary/aromatic N) is 1. The van der Waals surface area contributed by atoms with Crippen LogP contribution in [0.1, 0.15) is 46.2 Å². The molecule has 21 heavy (non-hydrogen) atoms. The molecule has 6 nitrogen and oxygen atoms in total. The van der Waals surface area contributed by atoms with Crippen LogP contribution < -0.4 is 14.8 Å². The van der Waals surface area contributed by atoms with Crippen LogP contribution in [0.5, 0.6) is 11.5 Å². The average molecular weight is 296 g/mol. The SMILES string of the molecule is COc1cc(C(C)NC(C)C)c([N+](=O)[O-])cc1OC(C)C. The molecule has 0 bridgehead atoms. The molecule has 0 saturated heterocycles. The maximum absolute atomic E-state index is 11.3. The molecule has 0 aliphatic carbocycles. The first-order valence-corrected chi connectivity index (χ1v) is 7.05. The van der Waals surface area contributed by atoms with Gasteiger partial charge in [-0.1, -0.05) is 13.8 Å². The largest absolute Gasteiger partial charge is 0.493 e. The lowest BCUT2D eigenvalue weighted by atomic mass is 10.0. The van der Waals surface area contributed by atoms with E-state index < -0.39 is 0 Å². The van der Waals surface area contributed by atoms with Gasteiger partial charge in [-0.05, 0) is 26.8 Å². The van der Waals surface area contributed by atoms with Gasteiger partial charge < -0.3 is 14.8 Å². The Bertz CT molecular complexity index is 501. The van der Waals surface area contributed by atoms with Crippen molar-refractivity contribution in [3.05, 3.63) is 27.8 Å². The zero-order valence-corrected chi connectivity index (χ0v) is 13.5. The highest BCUT2D eigenvalue weighted by Crippen LogP contribution is 2.38. The normalized spacial score (nSPS) is 12.6. The number of hydrogen-bond donors (Lipinski definition) is 1. The second kappa shape index (κ2) is 7.26. The molecule has 1 unspecified atom stereocenters. The van der Waals surface area contributed by atoms with Gasteiger partial charge in [-0.25, -0.2) is 0 Å². The molecule has 0 fully saturated rings. The summed E-state index contributed by atoms with van der Waals surface area (Å²) in [7, 11) is 1.53. The van der Waals surface area contributed by atoms with Crippen LogP contribution in [-0.2, 0) is 0 Å². The van der Waals surface area contributed by atoms with E-state index in [0.29, 0.717) is 17.1 Å². The van der Waals surface area contributed by atoms with Crippen LogP contribution in [0.3, 0.4) is 0 Å². The monoisotopic (exact) mass is 296 g/mol. The van der Waals surface area contributed by atoms with E-state index in [1.54, 1.807) is 6.07 Å². The van der Waals surface area contributed by atoms with Gasteiger partial charge in [-0.2, -0.15) is 0 Å². The van der Waals surface area contributed by atoms with Crippen LogP contribution in [0.15, 0.2) is 12.1 Å². The predicted molar refractivity (Wildman–Crippen MR) is 82.1 cm³/mol. The van der Waals surface area contributed by atoms with Crippen LogP contribution in [0.2, 0.25) is 0 Å². The standard InChI is InChI=1S/C15H24N2O4/c1-9(2)16-11(5)12-7-14(20-6)15(21-10(3)4)8-13(12)17(18)19/h7-11,16H,1-6H3. The summed E-state index contributed by atoms with van der Waals surface area (Å²) in [5.74, 6) is 0.890. The summed E-state index contributed by atoms with van der Waals surface area (Å²) < 4.78 is 10.9. The Morgan fingerprint density at radius 3 is 2.19 bits per heavy atom. The molecule has 118 valence electrons. The number of benzene rings is 1. The van der Waals surface area contributed by atoms with Gasteiger partial charge in [-0.15, -0.1) is 0 Å². The number of hydrogen-bond acceptors (Lipinski definition) is 5. The third-order valence-corrected chi connectivity index (χ3v) is 2.92. The van der Waals surface area contributed by atoms with Crippen LogP contribution in [-0.4, -0.2) is 24.2 Å². The van der Waals surface area contributed by atoms with Gasteiger partial charge in [-0.3, -0.25) is 10.1 Å². The minimum absolute atomic E-state index is 0.0344. The average Bonchev–Trinajstić information content (AvgIpc) is 2.36. The Balaban J connectivity index is 3.32. The third kappa shape index (κ3) is 4.60. The smallest absolute Gasteiger partial charge is 0.278 e. The number of methoxy groups -OCH3 is 1. The molecule has 0 saturated carbocycles. The van der Waals surface area contributed by atoms with Crippen molar-refractivity contribution in [2.75, 3.05) is 7.11 Å². The molecule has 0 radical (unpaired) electrons. The van der Waals surface area contributed by atoms with E-state index in [0.717, 1.165) is 0 Å². The van der Waals surface area contributed by atoms with Crippen molar-refractivity contribution in [3.63, 3.8) is 0 Å². The predicted octanol–water partition coefficient (Wildman–Crippen LogP) is 3.45. The number of rotatable bonds is 7. The van der Waals surface area contributed by atoms with Gasteiger partial charge in [0, 0.05) is 12.1 Å². The number of nitro benzene ring substituents is 1. The quantitative estimate of drug-likeness (QED) is 0.616. The number of nitro groups is 1. The van der Waals surface area contributed by atoms with Gasteiger partial charge in [0.25, 0.3) is 5.69 Å². The maximum atomic E-state index is 11.3. The maximum Gasteiger partial charge on any atom is 0.278 e. The van der Waals surface area contributed by atoms with Gasteiger partial charge in [0.15, 0.2) is 11.5 Å². The van der Waals surface area contributed by atoms with E-state index in [9.17, 15) is 10.1 Å². The number of nitrogens with one attached hydrogen (secondary N) is 1. The van der Waals surface area contributed by atoms with Crippen molar-refractivity contribution < 1.29 is 14.4 Å². The molecular formula is C15H24N2O4. The molecule has 0 aliphatic rings. The van der Waals surface area contributed by atoms with Crippen LogP contribution >= 0.6 is 0 Å². The van der Waals surface area contributed by atoms with Gasteiger partial charge in [0.2, 0.25) is 0 Å². The van der Waals surface area contributed by atoms with Crippen molar-refractivity contribution in [1.29, 1.82) is 0 Å². The molecular weight excluding hydrogens is 272 g/mol. The van der Waals surface area contributed by atoms with Gasteiger partial charge in [0.05, 0.1) is 29.8 Å². The lowest BCUT2D eigenvalue weighted by Crippen LogP contribution is -2.26. The van der Waals surface area contributed by atoms with Gasteiger partial charge in [0.1, 0.15) is 0 Å². The highest BCUT2D eigenvalue weighted by Gasteiger charge is 2.24. The molecule has 1 N–H and O–H groups in total. The summed E-state index contributed by atoms with van der Waals surface area (Å²) >= 11 is 0. The fraction of sp³-hybridized carbons (Fsp3) is 0.600. The van der Waals surface area contributed by atoms with E-state index in [1.165, 1.54) is 13.2 Å². The van der Waals surface area contributed by atoms with E-state index in [1.807, 2.05) is 34.6 Å². The van der Waals surface area contributed by atoms with E-state index in [4.69, 9.17) is 9.47 Å². The van der Waals surface area contributed by atoms with Crippen molar-refractivity contribution in [2.24, 2.45) is 0 Å². The molecule has 0 spiro atoms. The van der Waals surface area contributed by atoms with Crippen LogP contribution in [0.4, 0.5) is 5.69 Å². The molecule has 1 atom stereocenters. The van der Waals surface area contributed by atoms with E-state index in [2.05, 4.69) is 5.32 Å². The highest BCUT2D eigenvalue weighted by molar-refractivity contribution is 5.55. The Morgan fingerprint density at radius 1 is 1.14 bits per heavy atom. The Kier molecular flexibility index (Phi) is 5.96. The third-order valence-electron chi connectivity index (χ3n) is 2.92. The lowest BCUT2D eigenvalue weighted by molar-refractivity contribution is -0.385. The molecule has 6 heteroatoms. The first kappa shape index (κ1) is 17.2. The topological polar surface area (TPSA) is 73.6 Å². The lowest BCUT2D eigenvalue weighted by Gasteiger charge is -2.20. The molecule has 0 amide bonds. The Labute approximate surface area is 125 Å². The molecule has 1 aromatic carbocycles. The fourth-order valence-corrected chi connectivity index (χ4v) is 2.17. The minimum Gasteiger partial charge on any atom is -0.493 e.